The van der Waals surface area contributed by atoms with Crippen LogP contribution in [0, 0.1) is 6.92 Å². The summed E-state index contributed by atoms with van der Waals surface area (Å²) in [7, 11) is 0. The molecule has 0 N–H and O–H groups in total. The molecule has 0 aliphatic carbocycles. The molecule has 7 rings (SSSR count). The van der Waals surface area contributed by atoms with E-state index in [0.717, 1.165) is 0 Å². The summed E-state index contributed by atoms with van der Waals surface area (Å²) in [6, 6.07) is 38.1. The second-order valence-corrected chi connectivity index (χ2v) is 8.61. The highest BCUT2D eigenvalue weighted by Gasteiger charge is 2.14. The first-order chi connectivity index (χ1) is 15.3. The Kier molecular flexibility index (Phi) is 3.29. The van der Waals surface area contributed by atoms with Crippen LogP contribution in [0.1, 0.15) is 5.56 Å². The SMILES string of the molecule is Cc1cc2ccc3ccc4ccccc4c3c2c2c1ccc1ccc3ccccc3c12. The first-order valence-electron chi connectivity index (χ1n) is 10.9. The van der Waals surface area contributed by atoms with Crippen LogP contribution in [0.25, 0.3) is 64.6 Å². The van der Waals surface area contributed by atoms with Crippen LogP contribution in [0.4, 0.5) is 0 Å². The third-order valence-electron chi connectivity index (χ3n) is 6.90. The molecule has 0 atom stereocenters. The van der Waals surface area contributed by atoms with Crippen molar-refractivity contribution in [3.63, 3.8) is 0 Å². The summed E-state index contributed by atoms with van der Waals surface area (Å²) in [5.41, 5.74) is 1.33. The Morgan fingerprint density at radius 1 is 0.355 bits per heavy atom. The monoisotopic (exact) mass is 392 g/mol. The summed E-state index contributed by atoms with van der Waals surface area (Å²) in [5, 5.41) is 16.0. The molecule has 0 aromatic heterocycles. The maximum absolute atomic E-state index is 2.36. The lowest BCUT2D eigenvalue weighted by Gasteiger charge is -2.16. The smallest absolute Gasteiger partial charge is 0.00114 e. The van der Waals surface area contributed by atoms with Crippen molar-refractivity contribution in [2.45, 2.75) is 6.92 Å². The molecule has 0 heterocycles. The number of aryl methyl sites for hydroxylation is 1. The fraction of sp³-hybridized carbons (Fsp3) is 0.0323. The molecule has 0 heteroatoms. The Morgan fingerprint density at radius 2 is 0.839 bits per heavy atom. The Hall–Kier alpha value is -3.90. The highest BCUT2D eigenvalue weighted by Crippen LogP contribution is 2.42. The maximum Gasteiger partial charge on any atom is -0.00114 e. The molecule has 0 unspecified atom stereocenters. The molecule has 0 radical (unpaired) electrons. The van der Waals surface area contributed by atoms with Crippen molar-refractivity contribution in [1.82, 2.24) is 0 Å². The van der Waals surface area contributed by atoms with Crippen LogP contribution in [-0.2, 0) is 0 Å². The van der Waals surface area contributed by atoms with E-state index in [4.69, 9.17) is 0 Å². The largest absolute Gasteiger partial charge is 0.0616 e. The van der Waals surface area contributed by atoms with E-state index in [1.165, 1.54) is 70.2 Å². The van der Waals surface area contributed by atoms with Crippen LogP contribution >= 0.6 is 0 Å². The maximum atomic E-state index is 2.36. The minimum Gasteiger partial charge on any atom is -0.0616 e. The highest BCUT2D eigenvalue weighted by molar-refractivity contribution is 6.35. The zero-order valence-electron chi connectivity index (χ0n) is 17.3. The first kappa shape index (κ1) is 16.8. The van der Waals surface area contributed by atoms with E-state index in [2.05, 4.69) is 110 Å². The average Bonchev–Trinajstić information content (AvgIpc) is 2.83. The van der Waals surface area contributed by atoms with Gasteiger partial charge < -0.3 is 0 Å². The number of hydrogen-bond donors (Lipinski definition) is 0. The molecule has 7 aromatic rings. The third kappa shape index (κ3) is 2.25. The highest BCUT2D eigenvalue weighted by atomic mass is 14.2. The molecular formula is C31H20. The summed E-state index contributed by atoms with van der Waals surface area (Å²) >= 11 is 0. The average molecular weight is 393 g/mol. The van der Waals surface area contributed by atoms with Gasteiger partial charge in [0.1, 0.15) is 0 Å². The van der Waals surface area contributed by atoms with Gasteiger partial charge in [-0.2, -0.15) is 0 Å². The molecule has 0 saturated heterocycles. The van der Waals surface area contributed by atoms with Crippen molar-refractivity contribution >= 4 is 64.6 Å². The molecule has 31 heavy (non-hydrogen) atoms. The molecule has 0 fully saturated rings. The zero-order valence-corrected chi connectivity index (χ0v) is 17.3. The van der Waals surface area contributed by atoms with Gasteiger partial charge in [0.15, 0.2) is 0 Å². The van der Waals surface area contributed by atoms with E-state index in [0.29, 0.717) is 0 Å². The number of fused-ring (bicyclic) bond motifs is 11. The van der Waals surface area contributed by atoms with E-state index in [9.17, 15) is 0 Å². The van der Waals surface area contributed by atoms with E-state index >= 15 is 0 Å². The second kappa shape index (κ2) is 6.06. The molecule has 144 valence electrons. The fourth-order valence-electron chi connectivity index (χ4n) is 5.50. The van der Waals surface area contributed by atoms with Crippen molar-refractivity contribution in [3.8, 4) is 0 Å². The summed E-state index contributed by atoms with van der Waals surface area (Å²) in [6.07, 6.45) is 0. The predicted octanol–water partition coefficient (Wildman–Crippen LogP) is 8.91. The topological polar surface area (TPSA) is 0 Å². The molecule has 0 aliphatic rings. The minimum absolute atomic E-state index is 1.29. The molecular weight excluding hydrogens is 372 g/mol. The lowest BCUT2D eigenvalue weighted by atomic mass is 9.87. The van der Waals surface area contributed by atoms with Gasteiger partial charge in [0, 0.05) is 0 Å². The normalized spacial score (nSPS) is 12.0. The van der Waals surface area contributed by atoms with Gasteiger partial charge in [-0.1, -0.05) is 103 Å². The summed E-state index contributed by atoms with van der Waals surface area (Å²) in [5.74, 6) is 0. The van der Waals surface area contributed by atoms with Crippen molar-refractivity contribution in [1.29, 1.82) is 0 Å². The molecule has 0 aliphatic heterocycles. The number of benzene rings is 7. The first-order valence-corrected chi connectivity index (χ1v) is 10.9. The quantitative estimate of drug-likeness (QED) is 0.226. The fourth-order valence-corrected chi connectivity index (χ4v) is 5.50. The molecule has 0 amide bonds. The Bertz CT molecular complexity index is 1840. The van der Waals surface area contributed by atoms with Gasteiger partial charge in [-0.25, -0.2) is 0 Å². The predicted molar refractivity (Wildman–Crippen MR) is 136 cm³/mol. The third-order valence-corrected chi connectivity index (χ3v) is 6.90. The van der Waals surface area contributed by atoms with Crippen molar-refractivity contribution in [2.75, 3.05) is 0 Å². The van der Waals surface area contributed by atoms with E-state index in [1.54, 1.807) is 0 Å². The second-order valence-electron chi connectivity index (χ2n) is 8.61. The van der Waals surface area contributed by atoms with Crippen molar-refractivity contribution in [2.24, 2.45) is 0 Å². The van der Waals surface area contributed by atoms with Gasteiger partial charge >= 0.3 is 0 Å². The summed E-state index contributed by atoms with van der Waals surface area (Å²) < 4.78 is 0. The standard InChI is InChI=1S/C31H20/c1-19-18-24-15-14-22-12-10-20-6-2-4-8-26(20)28(22)30(24)31-25(19)17-16-23-13-11-21-7-3-5-9-27(21)29(23)31/h2-18H,1H3. The van der Waals surface area contributed by atoms with Gasteiger partial charge in [0.05, 0.1) is 0 Å². The summed E-state index contributed by atoms with van der Waals surface area (Å²) in [6.45, 7) is 2.24. The van der Waals surface area contributed by atoms with E-state index in [-0.39, 0.29) is 0 Å². The number of rotatable bonds is 0. The Labute approximate surface area is 180 Å². The summed E-state index contributed by atoms with van der Waals surface area (Å²) in [4.78, 5) is 0. The van der Waals surface area contributed by atoms with Gasteiger partial charge in [0.2, 0.25) is 0 Å². The number of hydrogen-bond acceptors (Lipinski definition) is 0. The molecule has 0 saturated carbocycles. The lowest BCUT2D eigenvalue weighted by molar-refractivity contribution is 1.57. The Balaban J connectivity index is 1.91. The van der Waals surface area contributed by atoms with Crippen LogP contribution in [-0.4, -0.2) is 0 Å². The Morgan fingerprint density at radius 3 is 1.48 bits per heavy atom. The van der Waals surface area contributed by atoms with Gasteiger partial charge in [-0.3, -0.25) is 0 Å². The van der Waals surface area contributed by atoms with Crippen LogP contribution in [0.2, 0.25) is 0 Å². The van der Waals surface area contributed by atoms with E-state index in [1.807, 2.05) is 0 Å². The van der Waals surface area contributed by atoms with Crippen LogP contribution < -0.4 is 0 Å². The molecule has 0 nitrogen and oxygen atoms in total. The molecule has 7 aromatic carbocycles. The van der Waals surface area contributed by atoms with Gasteiger partial charge in [0.25, 0.3) is 0 Å². The lowest BCUT2D eigenvalue weighted by Crippen LogP contribution is -1.88. The van der Waals surface area contributed by atoms with Crippen LogP contribution in [0.3, 0.4) is 0 Å². The molecule has 0 spiro atoms. The van der Waals surface area contributed by atoms with Gasteiger partial charge in [-0.15, -0.1) is 0 Å². The minimum atomic E-state index is 1.29. The van der Waals surface area contributed by atoms with Crippen LogP contribution in [0.15, 0.2) is 103 Å². The van der Waals surface area contributed by atoms with Crippen molar-refractivity contribution in [3.05, 3.63) is 109 Å². The zero-order chi connectivity index (χ0) is 20.5. The van der Waals surface area contributed by atoms with Gasteiger partial charge in [-0.05, 0) is 77.1 Å². The van der Waals surface area contributed by atoms with Crippen LogP contribution in [0.5, 0.6) is 0 Å². The van der Waals surface area contributed by atoms with Crippen molar-refractivity contribution < 1.29 is 0 Å². The molecule has 0 bridgehead atoms. The van der Waals surface area contributed by atoms with E-state index < -0.39 is 0 Å².